The van der Waals surface area contributed by atoms with Gasteiger partial charge in [0.15, 0.2) is 0 Å². The summed E-state index contributed by atoms with van der Waals surface area (Å²) in [5, 5.41) is 3.79. The van der Waals surface area contributed by atoms with Gasteiger partial charge in [-0.3, -0.25) is 0 Å². The third-order valence-electron chi connectivity index (χ3n) is 2.93. The molecule has 0 spiro atoms. The minimum atomic E-state index is -0.307. The van der Waals surface area contributed by atoms with E-state index in [0.717, 1.165) is 36.2 Å². The molecule has 1 N–H and O–H groups in total. The largest absolute Gasteiger partial charge is 0.313 e. The molecule has 0 saturated carbocycles. The highest BCUT2D eigenvalue weighted by molar-refractivity contribution is 6.30. The zero-order chi connectivity index (χ0) is 13.7. The summed E-state index contributed by atoms with van der Waals surface area (Å²) in [4.78, 5) is 0. The number of benzene rings is 2. The number of halogens is 2. The van der Waals surface area contributed by atoms with Gasteiger partial charge in [0, 0.05) is 11.6 Å². The molecular formula is C16H17ClFN. The van der Waals surface area contributed by atoms with Gasteiger partial charge in [-0.25, -0.2) is 4.39 Å². The van der Waals surface area contributed by atoms with Crippen molar-refractivity contribution in [3.8, 4) is 11.1 Å². The Morgan fingerprint density at radius 3 is 2.68 bits per heavy atom. The van der Waals surface area contributed by atoms with Crippen molar-refractivity contribution >= 4 is 11.6 Å². The number of rotatable bonds is 5. The van der Waals surface area contributed by atoms with E-state index in [1.54, 1.807) is 6.07 Å². The molecule has 0 aromatic heterocycles. The maximum absolute atomic E-state index is 13.5. The Morgan fingerprint density at radius 1 is 1.16 bits per heavy atom. The second-order valence-electron chi connectivity index (χ2n) is 4.49. The normalized spacial score (nSPS) is 10.7. The Labute approximate surface area is 118 Å². The van der Waals surface area contributed by atoms with Crippen LogP contribution in [-0.4, -0.2) is 6.54 Å². The Bertz CT molecular complexity index is 534. The predicted molar refractivity (Wildman–Crippen MR) is 78.8 cm³/mol. The van der Waals surface area contributed by atoms with Crippen LogP contribution >= 0.6 is 11.6 Å². The van der Waals surface area contributed by atoms with Crippen LogP contribution in [0.15, 0.2) is 42.5 Å². The van der Waals surface area contributed by atoms with Gasteiger partial charge in [-0.15, -0.1) is 0 Å². The first-order valence-electron chi connectivity index (χ1n) is 6.46. The molecule has 0 amide bonds. The lowest BCUT2D eigenvalue weighted by molar-refractivity contribution is 0.628. The minimum absolute atomic E-state index is 0.307. The topological polar surface area (TPSA) is 12.0 Å². The number of hydrogen-bond acceptors (Lipinski definition) is 1. The van der Waals surface area contributed by atoms with Gasteiger partial charge in [0.05, 0.1) is 0 Å². The van der Waals surface area contributed by atoms with Crippen LogP contribution < -0.4 is 5.32 Å². The van der Waals surface area contributed by atoms with Crippen LogP contribution in [0.1, 0.15) is 18.9 Å². The molecule has 3 heteroatoms. The lowest BCUT2D eigenvalue weighted by Gasteiger charge is -2.11. The van der Waals surface area contributed by atoms with Crippen LogP contribution in [0.2, 0.25) is 5.02 Å². The summed E-state index contributed by atoms with van der Waals surface area (Å²) in [6.07, 6.45) is 1.09. The maximum Gasteiger partial charge on any atom is 0.125 e. The van der Waals surface area contributed by atoms with Crippen molar-refractivity contribution in [1.82, 2.24) is 5.32 Å². The standard InChI is InChI=1S/C16H17ClFN/c1-2-7-19-11-12-5-3-4-6-16(12)13-8-14(17)10-15(18)9-13/h3-6,8-10,19H,2,7,11H2,1H3. The SMILES string of the molecule is CCCNCc1ccccc1-c1cc(F)cc(Cl)c1. The first kappa shape index (κ1) is 14.0. The van der Waals surface area contributed by atoms with Crippen molar-refractivity contribution in [1.29, 1.82) is 0 Å². The third-order valence-corrected chi connectivity index (χ3v) is 3.15. The molecule has 0 aliphatic heterocycles. The smallest absolute Gasteiger partial charge is 0.125 e. The lowest BCUT2D eigenvalue weighted by atomic mass is 9.99. The molecule has 2 aromatic carbocycles. The molecule has 0 bridgehead atoms. The van der Waals surface area contributed by atoms with Gasteiger partial charge < -0.3 is 5.32 Å². The van der Waals surface area contributed by atoms with Crippen molar-refractivity contribution in [2.75, 3.05) is 6.54 Å². The molecule has 0 aliphatic rings. The second-order valence-corrected chi connectivity index (χ2v) is 4.93. The van der Waals surface area contributed by atoms with Gasteiger partial charge >= 0.3 is 0 Å². The van der Waals surface area contributed by atoms with Gasteiger partial charge in [-0.2, -0.15) is 0 Å². The fourth-order valence-electron chi connectivity index (χ4n) is 2.07. The molecule has 0 aliphatic carbocycles. The van der Waals surface area contributed by atoms with Crippen LogP contribution in [-0.2, 0) is 6.54 Å². The van der Waals surface area contributed by atoms with E-state index < -0.39 is 0 Å². The Balaban J connectivity index is 2.32. The van der Waals surface area contributed by atoms with Crippen LogP contribution in [0.4, 0.5) is 4.39 Å². The molecule has 2 rings (SSSR count). The molecule has 100 valence electrons. The summed E-state index contributed by atoms with van der Waals surface area (Å²) in [6, 6.07) is 12.6. The van der Waals surface area contributed by atoms with E-state index in [9.17, 15) is 4.39 Å². The Hall–Kier alpha value is -1.38. The van der Waals surface area contributed by atoms with Gasteiger partial charge in [0.2, 0.25) is 0 Å². The molecule has 0 saturated heterocycles. The van der Waals surface area contributed by atoms with Crippen LogP contribution in [0, 0.1) is 5.82 Å². The van der Waals surface area contributed by atoms with Gasteiger partial charge in [0.25, 0.3) is 0 Å². The zero-order valence-corrected chi connectivity index (χ0v) is 11.7. The summed E-state index contributed by atoms with van der Waals surface area (Å²) < 4.78 is 13.5. The van der Waals surface area contributed by atoms with Crippen LogP contribution in [0.5, 0.6) is 0 Å². The van der Waals surface area contributed by atoms with Crippen molar-refractivity contribution in [3.63, 3.8) is 0 Å². The average Bonchev–Trinajstić information content (AvgIpc) is 2.38. The first-order chi connectivity index (χ1) is 9.20. The van der Waals surface area contributed by atoms with E-state index in [1.807, 2.05) is 18.2 Å². The number of hydrogen-bond donors (Lipinski definition) is 1. The monoisotopic (exact) mass is 277 g/mol. The Kier molecular flexibility index (Phi) is 4.94. The molecule has 0 heterocycles. The van der Waals surface area contributed by atoms with Crippen molar-refractivity contribution in [2.24, 2.45) is 0 Å². The van der Waals surface area contributed by atoms with Crippen LogP contribution in [0.3, 0.4) is 0 Å². The van der Waals surface area contributed by atoms with E-state index in [-0.39, 0.29) is 5.82 Å². The van der Waals surface area contributed by atoms with Crippen LogP contribution in [0.25, 0.3) is 11.1 Å². The highest BCUT2D eigenvalue weighted by atomic mass is 35.5. The molecule has 0 unspecified atom stereocenters. The van der Waals surface area contributed by atoms with Crippen molar-refractivity contribution in [2.45, 2.75) is 19.9 Å². The van der Waals surface area contributed by atoms with Crippen molar-refractivity contribution < 1.29 is 4.39 Å². The molecule has 19 heavy (non-hydrogen) atoms. The third kappa shape index (κ3) is 3.79. The first-order valence-corrected chi connectivity index (χ1v) is 6.83. The highest BCUT2D eigenvalue weighted by Crippen LogP contribution is 2.27. The van der Waals surface area contributed by atoms with E-state index in [0.29, 0.717) is 5.02 Å². The molecule has 0 fully saturated rings. The van der Waals surface area contributed by atoms with E-state index in [2.05, 4.69) is 18.3 Å². The summed E-state index contributed by atoms with van der Waals surface area (Å²) in [5.74, 6) is -0.307. The van der Waals surface area contributed by atoms with E-state index >= 15 is 0 Å². The van der Waals surface area contributed by atoms with Gasteiger partial charge in [-0.05, 0) is 47.9 Å². The molecule has 0 atom stereocenters. The summed E-state index contributed by atoms with van der Waals surface area (Å²) in [7, 11) is 0. The maximum atomic E-state index is 13.5. The zero-order valence-electron chi connectivity index (χ0n) is 10.9. The molecule has 2 aromatic rings. The van der Waals surface area contributed by atoms with Gasteiger partial charge in [-0.1, -0.05) is 42.8 Å². The predicted octanol–water partition coefficient (Wildman–Crippen LogP) is 4.65. The fourth-order valence-corrected chi connectivity index (χ4v) is 2.29. The lowest BCUT2D eigenvalue weighted by Crippen LogP contribution is -2.14. The highest BCUT2D eigenvalue weighted by Gasteiger charge is 2.06. The molecular weight excluding hydrogens is 261 g/mol. The fraction of sp³-hybridized carbons (Fsp3) is 0.250. The average molecular weight is 278 g/mol. The number of nitrogens with one attached hydrogen (secondary N) is 1. The van der Waals surface area contributed by atoms with Crippen molar-refractivity contribution in [3.05, 3.63) is 58.9 Å². The Morgan fingerprint density at radius 2 is 1.95 bits per heavy atom. The minimum Gasteiger partial charge on any atom is -0.313 e. The molecule has 0 radical (unpaired) electrons. The van der Waals surface area contributed by atoms with E-state index in [4.69, 9.17) is 11.6 Å². The summed E-state index contributed by atoms with van der Waals surface area (Å²) in [5.41, 5.74) is 2.99. The quantitative estimate of drug-likeness (QED) is 0.785. The van der Waals surface area contributed by atoms with E-state index in [1.165, 1.54) is 12.1 Å². The second kappa shape index (κ2) is 6.69. The molecule has 1 nitrogen and oxygen atoms in total. The summed E-state index contributed by atoms with van der Waals surface area (Å²) in [6.45, 7) is 3.88. The van der Waals surface area contributed by atoms with Gasteiger partial charge in [0.1, 0.15) is 5.82 Å². The summed E-state index contributed by atoms with van der Waals surface area (Å²) >= 11 is 5.92.